The molecule has 1 aromatic carbocycles. The highest BCUT2D eigenvalue weighted by molar-refractivity contribution is 7.99. The van der Waals surface area contributed by atoms with Crippen LogP contribution < -0.4 is 15.6 Å². The zero-order valence-electron chi connectivity index (χ0n) is 14.7. The number of rotatable bonds is 6. The molecule has 0 radical (unpaired) electrons. The molecule has 3 aromatic rings. The molecule has 3 rings (SSSR count). The number of ether oxygens (including phenoxy) is 1. The molecule has 0 fully saturated rings. The highest BCUT2D eigenvalue weighted by Crippen LogP contribution is 2.25. The SMILES string of the molecule is COc1ccccc1C(C)NC(=O)CSc1nc2sccc2c(=O)n1C. The van der Waals surface area contributed by atoms with Crippen LogP contribution in [0.4, 0.5) is 0 Å². The molecule has 8 heteroatoms. The molecule has 0 bridgehead atoms. The Morgan fingerprint density at radius 3 is 2.92 bits per heavy atom. The second kappa shape index (κ2) is 7.92. The van der Waals surface area contributed by atoms with Crippen molar-refractivity contribution in [1.29, 1.82) is 0 Å². The normalized spacial score (nSPS) is 12.1. The largest absolute Gasteiger partial charge is 0.496 e. The molecule has 1 N–H and O–H groups in total. The number of thiophene rings is 1. The topological polar surface area (TPSA) is 73.2 Å². The Kier molecular flexibility index (Phi) is 5.63. The maximum Gasteiger partial charge on any atom is 0.262 e. The van der Waals surface area contributed by atoms with E-state index in [2.05, 4.69) is 10.3 Å². The molecule has 1 unspecified atom stereocenters. The fourth-order valence-corrected chi connectivity index (χ4v) is 4.21. The maximum absolute atomic E-state index is 12.3. The van der Waals surface area contributed by atoms with Crippen LogP contribution in [0.2, 0.25) is 0 Å². The summed E-state index contributed by atoms with van der Waals surface area (Å²) in [4.78, 5) is 29.8. The average Bonchev–Trinajstić information content (AvgIpc) is 3.12. The van der Waals surface area contributed by atoms with Crippen molar-refractivity contribution in [1.82, 2.24) is 14.9 Å². The number of hydrogen-bond acceptors (Lipinski definition) is 6. The summed E-state index contributed by atoms with van der Waals surface area (Å²) in [5.74, 6) is 0.783. The Morgan fingerprint density at radius 2 is 2.15 bits per heavy atom. The number of thioether (sulfide) groups is 1. The average molecular weight is 390 g/mol. The van der Waals surface area contributed by atoms with E-state index in [1.165, 1.54) is 27.7 Å². The van der Waals surface area contributed by atoms with Crippen molar-refractivity contribution in [2.45, 2.75) is 18.1 Å². The van der Waals surface area contributed by atoms with Crippen molar-refractivity contribution in [2.24, 2.45) is 7.05 Å². The molecule has 2 heterocycles. The number of nitrogens with one attached hydrogen (secondary N) is 1. The van der Waals surface area contributed by atoms with E-state index in [1.807, 2.05) is 36.6 Å². The van der Waals surface area contributed by atoms with Gasteiger partial charge in [0.1, 0.15) is 10.6 Å². The first-order chi connectivity index (χ1) is 12.5. The lowest BCUT2D eigenvalue weighted by atomic mass is 10.1. The van der Waals surface area contributed by atoms with Gasteiger partial charge in [0, 0.05) is 12.6 Å². The van der Waals surface area contributed by atoms with Gasteiger partial charge in [-0.15, -0.1) is 11.3 Å². The summed E-state index contributed by atoms with van der Waals surface area (Å²) in [6, 6.07) is 9.17. The van der Waals surface area contributed by atoms with E-state index in [-0.39, 0.29) is 23.3 Å². The molecule has 1 amide bonds. The molecule has 1 atom stereocenters. The van der Waals surface area contributed by atoms with Crippen LogP contribution >= 0.6 is 23.1 Å². The van der Waals surface area contributed by atoms with E-state index in [0.29, 0.717) is 15.4 Å². The number of para-hydroxylation sites is 1. The van der Waals surface area contributed by atoms with Crippen LogP contribution in [0.15, 0.2) is 45.7 Å². The monoisotopic (exact) mass is 389 g/mol. The Balaban J connectivity index is 1.68. The summed E-state index contributed by atoms with van der Waals surface area (Å²) >= 11 is 2.67. The molecule has 0 saturated heterocycles. The van der Waals surface area contributed by atoms with Gasteiger partial charge in [0.05, 0.1) is 24.3 Å². The van der Waals surface area contributed by atoms with Crippen molar-refractivity contribution < 1.29 is 9.53 Å². The lowest BCUT2D eigenvalue weighted by Gasteiger charge is -2.17. The summed E-state index contributed by atoms with van der Waals surface area (Å²) < 4.78 is 6.82. The van der Waals surface area contributed by atoms with Crippen molar-refractivity contribution in [3.63, 3.8) is 0 Å². The molecule has 0 spiro atoms. The fraction of sp³-hybridized carbons (Fsp3) is 0.278. The van der Waals surface area contributed by atoms with E-state index in [1.54, 1.807) is 20.2 Å². The molecule has 2 aromatic heterocycles. The molecule has 0 aliphatic rings. The van der Waals surface area contributed by atoms with Gasteiger partial charge in [-0.3, -0.25) is 14.2 Å². The number of nitrogens with zero attached hydrogens (tertiary/aromatic N) is 2. The molecule has 6 nitrogen and oxygen atoms in total. The van der Waals surface area contributed by atoms with Crippen LogP contribution in [0, 0.1) is 0 Å². The van der Waals surface area contributed by atoms with Crippen LogP contribution in [0.3, 0.4) is 0 Å². The number of aromatic nitrogens is 2. The van der Waals surface area contributed by atoms with Gasteiger partial charge in [-0.2, -0.15) is 0 Å². The van der Waals surface area contributed by atoms with Crippen LogP contribution in [0.25, 0.3) is 10.2 Å². The zero-order valence-corrected chi connectivity index (χ0v) is 16.3. The quantitative estimate of drug-likeness (QED) is 0.518. The maximum atomic E-state index is 12.3. The lowest BCUT2D eigenvalue weighted by molar-refractivity contribution is -0.119. The molecule has 0 aliphatic heterocycles. The first-order valence-corrected chi connectivity index (χ1v) is 9.87. The van der Waals surface area contributed by atoms with Gasteiger partial charge in [0.2, 0.25) is 5.91 Å². The highest BCUT2D eigenvalue weighted by Gasteiger charge is 2.15. The Morgan fingerprint density at radius 1 is 1.38 bits per heavy atom. The number of methoxy groups -OCH3 is 1. The minimum absolute atomic E-state index is 0.0958. The van der Waals surface area contributed by atoms with E-state index < -0.39 is 0 Å². The number of carbonyl (C=O) groups is 1. The minimum Gasteiger partial charge on any atom is -0.496 e. The van der Waals surface area contributed by atoms with Gasteiger partial charge in [-0.05, 0) is 24.4 Å². The number of amides is 1. The predicted molar refractivity (Wildman–Crippen MR) is 105 cm³/mol. The van der Waals surface area contributed by atoms with E-state index in [4.69, 9.17) is 4.74 Å². The van der Waals surface area contributed by atoms with E-state index in [9.17, 15) is 9.59 Å². The molecule has 0 saturated carbocycles. The summed E-state index contributed by atoms with van der Waals surface area (Å²) in [7, 11) is 3.28. The number of carbonyl (C=O) groups excluding carboxylic acids is 1. The lowest BCUT2D eigenvalue weighted by Crippen LogP contribution is -2.29. The Labute approximate surface area is 159 Å². The summed E-state index contributed by atoms with van der Waals surface area (Å²) in [5.41, 5.74) is 0.820. The fourth-order valence-electron chi connectivity index (χ4n) is 2.62. The standard InChI is InChI=1S/C18H19N3O3S2/c1-11(12-6-4-5-7-14(12)24-3)19-15(22)10-26-18-20-16-13(8-9-25-16)17(23)21(18)2/h4-9,11H,10H2,1-3H3,(H,19,22). The minimum atomic E-state index is -0.184. The van der Waals surface area contributed by atoms with Crippen molar-refractivity contribution >= 4 is 39.2 Å². The number of benzene rings is 1. The predicted octanol–water partition coefficient (Wildman–Crippen LogP) is 2.97. The third-order valence-corrected chi connectivity index (χ3v) is 5.82. The zero-order chi connectivity index (χ0) is 18.7. The van der Waals surface area contributed by atoms with Crippen LogP contribution in [-0.4, -0.2) is 28.3 Å². The van der Waals surface area contributed by atoms with Crippen molar-refractivity contribution in [3.05, 3.63) is 51.6 Å². The second-order valence-corrected chi connectivity index (χ2v) is 7.55. The molecule has 0 aliphatic carbocycles. The third-order valence-electron chi connectivity index (χ3n) is 3.98. The first kappa shape index (κ1) is 18.5. The van der Waals surface area contributed by atoms with Crippen LogP contribution in [-0.2, 0) is 11.8 Å². The van der Waals surface area contributed by atoms with Gasteiger partial charge in [-0.25, -0.2) is 4.98 Å². The van der Waals surface area contributed by atoms with Crippen LogP contribution in [0.1, 0.15) is 18.5 Å². The van der Waals surface area contributed by atoms with E-state index in [0.717, 1.165) is 11.3 Å². The molecule has 26 heavy (non-hydrogen) atoms. The van der Waals surface area contributed by atoms with Gasteiger partial charge >= 0.3 is 0 Å². The third kappa shape index (κ3) is 3.76. The summed E-state index contributed by atoms with van der Waals surface area (Å²) in [6.45, 7) is 1.91. The van der Waals surface area contributed by atoms with Gasteiger partial charge in [-0.1, -0.05) is 30.0 Å². The first-order valence-electron chi connectivity index (χ1n) is 8.00. The number of hydrogen-bond donors (Lipinski definition) is 1. The highest BCUT2D eigenvalue weighted by atomic mass is 32.2. The van der Waals surface area contributed by atoms with Crippen LogP contribution in [0.5, 0.6) is 5.75 Å². The number of fused-ring (bicyclic) bond motifs is 1. The molecular formula is C18H19N3O3S2. The smallest absolute Gasteiger partial charge is 0.262 e. The second-order valence-electron chi connectivity index (χ2n) is 5.72. The molecular weight excluding hydrogens is 370 g/mol. The van der Waals surface area contributed by atoms with Crippen molar-refractivity contribution in [3.8, 4) is 5.75 Å². The van der Waals surface area contributed by atoms with Crippen molar-refractivity contribution in [2.75, 3.05) is 12.9 Å². The summed E-state index contributed by atoms with van der Waals surface area (Å²) in [6.07, 6.45) is 0. The molecule has 136 valence electrons. The van der Waals surface area contributed by atoms with E-state index >= 15 is 0 Å². The van der Waals surface area contributed by atoms with Gasteiger partial charge < -0.3 is 10.1 Å². The Bertz CT molecular complexity index is 997. The van der Waals surface area contributed by atoms with Gasteiger partial charge in [0.25, 0.3) is 5.56 Å². The Hall–Kier alpha value is -2.32. The van der Waals surface area contributed by atoms with Gasteiger partial charge in [0.15, 0.2) is 5.16 Å². The summed E-state index contributed by atoms with van der Waals surface area (Å²) in [5, 5.41) is 5.94.